The highest BCUT2D eigenvalue weighted by molar-refractivity contribution is 8.00. The van der Waals surface area contributed by atoms with Gasteiger partial charge in [0.25, 0.3) is 5.91 Å². The fourth-order valence-corrected chi connectivity index (χ4v) is 7.14. The van der Waals surface area contributed by atoms with Gasteiger partial charge in [-0.15, -0.1) is 23.5 Å². The second kappa shape index (κ2) is 11.2. The van der Waals surface area contributed by atoms with Crippen molar-refractivity contribution in [3.8, 4) is 0 Å². The first-order chi connectivity index (χ1) is 19.5. The highest BCUT2D eigenvalue weighted by Gasteiger charge is 2.52. The zero-order chi connectivity index (χ0) is 27.6. The van der Waals surface area contributed by atoms with E-state index in [1.165, 1.54) is 28.4 Å². The number of carbonyl (C=O) groups excluding carboxylic acids is 3. The highest BCUT2D eigenvalue weighted by Crippen LogP contribution is 2.40. The number of hydrogen-bond acceptors (Lipinski definition) is 6. The number of β-lactam (4-membered cyclic amide) rings is 1. The molecule has 0 spiro atoms. The number of carbonyl (C=O) groups is 3. The summed E-state index contributed by atoms with van der Waals surface area (Å²) in [5, 5.41) is 17.7. The summed E-state index contributed by atoms with van der Waals surface area (Å²) >= 11 is 2.83. The summed E-state index contributed by atoms with van der Waals surface area (Å²) in [6, 6.07) is 25.3. The Morgan fingerprint density at radius 1 is 1.02 bits per heavy atom. The molecule has 2 atom stereocenters. The van der Waals surface area contributed by atoms with Crippen molar-refractivity contribution in [3.63, 3.8) is 0 Å². The number of carboxylic acid groups (broad SMARTS) is 1. The van der Waals surface area contributed by atoms with Gasteiger partial charge in [-0.2, -0.15) is 4.57 Å². The van der Waals surface area contributed by atoms with Gasteiger partial charge < -0.3 is 15.2 Å². The molecule has 200 valence electrons. The van der Waals surface area contributed by atoms with E-state index in [1.54, 1.807) is 6.08 Å². The topological polar surface area (TPSA) is 93.4 Å². The van der Waals surface area contributed by atoms with Gasteiger partial charge in [-0.05, 0) is 46.7 Å². The fourth-order valence-electron chi connectivity index (χ4n) is 5.07. The normalized spacial score (nSPS) is 18.7. The number of amides is 2. The molecule has 9 heteroatoms. The van der Waals surface area contributed by atoms with Crippen LogP contribution in [0.15, 0.2) is 113 Å². The number of aliphatic carboxylic acids is 1. The summed E-state index contributed by atoms with van der Waals surface area (Å²) in [6.45, 7) is 0.542. The van der Waals surface area contributed by atoms with E-state index in [0.29, 0.717) is 17.9 Å². The predicted octanol–water partition coefficient (Wildman–Crippen LogP) is 3.03. The molecule has 0 aliphatic carbocycles. The molecule has 1 aromatic heterocycles. The van der Waals surface area contributed by atoms with Crippen LogP contribution in [-0.4, -0.2) is 45.6 Å². The number of benzene rings is 3. The molecule has 0 unspecified atom stereocenters. The second-order valence-corrected chi connectivity index (χ2v) is 11.7. The molecule has 1 saturated heterocycles. The van der Waals surface area contributed by atoms with Crippen LogP contribution in [-0.2, 0) is 20.9 Å². The molecule has 3 aromatic carbocycles. The number of hydrogen-bond donors (Lipinski definition) is 1. The van der Waals surface area contributed by atoms with E-state index in [9.17, 15) is 19.5 Å². The largest absolute Gasteiger partial charge is 0.543 e. The van der Waals surface area contributed by atoms with Crippen LogP contribution < -0.4 is 15.0 Å². The van der Waals surface area contributed by atoms with Gasteiger partial charge in [0, 0.05) is 28.2 Å². The third-order valence-corrected chi connectivity index (χ3v) is 9.30. The van der Waals surface area contributed by atoms with Crippen LogP contribution in [0.3, 0.4) is 0 Å². The Morgan fingerprint density at radius 2 is 1.77 bits per heavy atom. The maximum Gasteiger partial charge on any atom is 0.253 e. The predicted molar refractivity (Wildman–Crippen MR) is 155 cm³/mol. The number of nitrogens with one attached hydrogen (secondary N) is 1. The van der Waals surface area contributed by atoms with Crippen molar-refractivity contribution in [1.82, 2.24) is 10.2 Å². The minimum absolute atomic E-state index is 0.121. The van der Waals surface area contributed by atoms with Crippen molar-refractivity contribution in [1.29, 1.82) is 0 Å². The first-order valence-corrected chi connectivity index (χ1v) is 14.9. The monoisotopic (exact) mass is 567 g/mol. The van der Waals surface area contributed by atoms with Crippen molar-refractivity contribution >= 4 is 63.0 Å². The molecule has 0 radical (unpaired) electrons. The van der Waals surface area contributed by atoms with Crippen molar-refractivity contribution < 1.29 is 24.1 Å². The van der Waals surface area contributed by atoms with Gasteiger partial charge in [-0.25, -0.2) is 0 Å². The molecule has 0 saturated carbocycles. The van der Waals surface area contributed by atoms with Crippen LogP contribution >= 0.6 is 23.5 Å². The molecule has 0 bridgehead atoms. The Kier molecular flexibility index (Phi) is 7.32. The van der Waals surface area contributed by atoms with Crippen LogP contribution in [0.1, 0.15) is 0 Å². The number of rotatable bonds is 8. The van der Waals surface area contributed by atoms with Gasteiger partial charge in [-0.3, -0.25) is 14.5 Å². The van der Waals surface area contributed by atoms with Crippen LogP contribution in [0, 0.1) is 0 Å². The van der Waals surface area contributed by atoms with E-state index in [4.69, 9.17) is 0 Å². The number of carboxylic acids is 1. The van der Waals surface area contributed by atoms with Gasteiger partial charge in [0.05, 0.1) is 17.4 Å². The van der Waals surface area contributed by atoms with Crippen molar-refractivity contribution in [2.24, 2.45) is 0 Å². The average Bonchev–Trinajstić information content (AvgIpc) is 2.98. The standard InChI is InChI=1S/C31H25N3O4S2/c35-26(19-39-24-14-13-20-7-1-2-9-22(20)17-24)32-27-29(36)34-28(31(37)38)23(18-40-30(27)34)11-6-16-33-15-5-10-21-8-3-4-12-25(21)33/h1-15,17,27,30H,16,18-19H2,(H-,32,35,37,38)/t27-,30-/m1/s1. The quantitative estimate of drug-likeness (QED) is 0.200. The molecular formula is C31H25N3O4S2. The Bertz CT molecular complexity index is 1710. The zero-order valence-electron chi connectivity index (χ0n) is 21.4. The van der Waals surface area contributed by atoms with E-state index >= 15 is 0 Å². The minimum atomic E-state index is -1.40. The van der Waals surface area contributed by atoms with Crippen LogP contribution in [0.2, 0.25) is 0 Å². The van der Waals surface area contributed by atoms with Gasteiger partial charge in [0.1, 0.15) is 11.4 Å². The van der Waals surface area contributed by atoms with E-state index in [1.807, 2.05) is 91.1 Å². The maximum absolute atomic E-state index is 13.0. The zero-order valence-corrected chi connectivity index (χ0v) is 23.0. The number of pyridine rings is 1. The third kappa shape index (κ3) is 5.10. The summed E-state index contributed by atoms with van der Waals surface area (Å²) in [4.78, 5) is 40.0. The van der Waals surface area contributed by atoms with Crippen molar-refractivity contribution in [3.05, 3.63) is 108 Å². The first kappa shape index (κ1) is 26.2. The molecule has 40 heavy (non-hydrogen) atoms. The van der Waals surface area contributed by atoms with E-state index in [0.717, 1.165) is 26.6 Å². The summed E-state index contributed by atoms with van der Waals surface area (Å²) in [5.74, 6) is -1.55. The Labute approximate surface area is 239 Å². The second-order valence-electron chi connectivity index (χ2n) is 9.54. The SMILES string of the molecule is O=C(CSc1ccc2ccccc2c1)N[C@@H]1C(=O)N2C(C(=O)[O-])=C(C=CC[n+]3cccc4ccccc43)CS[C@H]12. The lowest BCUT2D eigenvalue weighted by Crippen LogP contribution is -2.71. The smallest absolute Gasteiger partial charge is 0.253 e. The molecule has 2 aliphatic heterocycles. The summed E-state index contributed by atoms with van der Waals surface area (Å²) in [5.41, 5.74) is 1.47. The number of thioether (sulfide) groups is 2. The van der Waals surface area contributed by atoms with Gasteiger partial charge in [-0.1, -0.05) is 48.5 Å². The molecule has 2 amide bonds. The Morgan fingerprint density at radius 3 is 2.60 bits per heavy atom. The Hall–Kier alpha value is -4.08. The number of allylic oxidation sites excluding steroid dienone is 2. The number of aromatic nitrogens is 1. The molecule has 4 aromatic rings. The van der Waals surface area contributed by atoms with Gasteiger partial charge in [0.2, 0.25) is 11.4 Å². The summed E-state index contributed by atoms with van der Waals surface area (Å²) in [7, 11) is 0. The summed E-state index contributed by atoms with van der Waals surface area (Å²) in [6.07, 6.45) is 5.61. The number of nitrogens with zero attached hydrogens (tertiary/aromatic N) is 2. The molecule has 2 aliphatic rings. The van der Waals surface area contributed by atoms with E-state index in [-0.39, 0.29) is 17.4 Å². The summed E-state index contributed by atoms with van der Waals surface area (Å²) < 4.78 is 2.07. The van der Waals surface area contributed by atoms with Crippen LogP contribution in [0.25, 0.3) is 21.7 Å². The number of para-hydroxylation sites is 1. The van der Waals surface area contributed by atoms with Gasteiger partial charge >= 0.3 is 0 Å². The lowest BCUT2D eigenvalue weighted by atomic mass is 10.0. The molecule has 1 fully saturated rings. The third-order valence-electron chi connectivity index (χ3n) is 7.01. The highest BCUT2D eigenvalue weighted by atomic mass is 32.2. The molecular weight excluding hydrogens is 542 g/mol. The lowest BCUT2D eigenvalue weighted by Gasteiger charge is -2.50. The molecule has 1 N–H and O–H groups in total. The molecule has 3 heterocycles. The average molecular weight is 568 g/mol. The maximum atomic E-state index is 13.0. The minimum Gasteiger partial charge on any atom is -0.543 e. The van der Waals surface area contributed by atoms with Crippen LogP contribution in [0.4, 0.5) is 0 Å². The van der Waals surface area contributed by atoms with Crippen molar-refractivity contribution in [2.75, 3.05) is 11.5 Å². The lowest BCUT2D eigenvalue weighted by molar-refractivity contribution is -0.661. The first-order valence-electron chi connectivity index (χ1n) is 12.8. The Balaban J connectivity index is 1.10. The van der Waals surface area contributed by atoms with E-state index in [2.05, 4.69) is 9.88 Å². The molecule has 6 rings (SSSR count). The molecule has 7 nitrogen and oxygen atoms in total. The fraction of sp³-hybridized carbons (Fsp3) is 0.161. The van der Waals surface area contributed by atoms with Gasteiger partial charge in [0.15, 0.2) is 12.7 Å². The van der Waals surface area contributed by atoms with Crippen LogP contribution in [0.5, 0.6) is 0 Å². The number of fused-ring (bicyclic) bond motifs is 3. The van der Waals surface area contributed by atoms with Crippen molar-refractivity contribution in [2.45, 2.75) is 22.9 Å². The van der Waals surface area contributed by atoms with E-state index < -0.39 is 23.3 Å².